The topological polar surface area (TPSA) is 67.6 Å². The smallest absolute Gasteiger partial charge is 0.222 e. The fourth-order valence-electron chi connectivity index (χ4n) is 2.99. The molecule has 2 fully saturated rings. The second kappa shape index (κ2) is 5.80. The lowest BCUT2D eigenvalue weighted by atomic mass is 10.1. The molecule has 2 aliphatic heterocycles. The molecule has 0 bridgehead atoms. The second-order valence-electron chi connectivity index (χ2n) is 5.01. The van der Waals surface area contributed by atoms with E-state index in [2.05, 4.69) is 10.2 Å². The molecule has 2 saturated heterocycles. The van der Waals surface area contributed by atoms with Gasteiger partial charge in [0, 0.05) is 32.3 Å². The van der Waals surface area contributed by atoms with Crippen molar-refractivity contribution in [3.63, 3.8) is 0 Å². The third kappa shape index (κ3) is 2.97. The molecule has 5 nitrogen and oxygen atoms in total. The molecule has 5 heteroatoms. The molecule has 0 aromatic heterocycles. The molecule has 3 atom stereocenters. The minimum atomic E-state index is -0.156. The molecule has 3 unspecified atom stereocenters. The summed E-state index contributed by atoms with van der Waals surface area (Å²) in [6.07, 6.45) is 3.78. The van der Waals surface area contributed by atoms with E-state index in [0.717, 1.165) is 13.0 Å². The quantitative estimate of drug-likeness (QED) is 0.693. The van der Waals surface area contributed by atoms with Gasteiger partial charge >= 0.3 is 0 Å². The highest BCUT2D eigenvalue weighted by molar-refractivity contribution is 5.77. The number of hydrogen-bond donors (Lipinski definition) is 2. The first-order chi connectivity index (χ1) is 8.24. The lowest BCUT2D eigenvalue weighted by Gasteiger charge is -2.22. The van der Waals surface area contributed by atoms with Crippen molar-refractivity contribution in [3.05, 3.63) is 0 Å². The number of nitrogens with zero attached hydrogens (tertiary/aromatic N) is 1. The Morgan fingerprint density at radius 2 is 2.35 bits per heavy atom. The number of amides is 1. The fourth-order valence-corrected chi connectivity index (χ4v) is 2.99. The largest absolute Gasteiger partial charge is 0.380 e. The lowest BCUT2D eigenvalue weighted by Crippen LogP contribution is -2.44. The van der Waals surface area contributed by atoms with Gasteiger partial charge < -0.3 is 15.8 Å². The molecule has 2 rings (SSSR count). The predicted molar refractivity (Wildman–Crippen MR) is 65.6 cm³/mol. The number of rotatable bonds is 5. The van der Waals surface area contributed by atoms with Crippen LogP contribution in [0.5, 0.6) is 0 Å². The third-order valence-electron chi connectivity index (χ3n) is 3.96. The van der Waals surface area contributed by atoms with Gasteiger partial charge in [-0.05, 0) is 25.8 Å². The minimum absolute atomic E-state index is 0.0704. The van der Waals surface area contributed by atoms with Gasteiger partial charge in [0.15, 0.2) is 0 Å². The van der Waals surface area contributed by atoms with Crippen LogP contribution < -0.4 is 11.1 Å². The summed E-state index contributed by atoms with van der Waals surface area (Å²) in [5, 5.41) is 3.13. The molecule has 3 N–H and O–H groups in total. The van der Waals surface area contributed by atoms with Crippen molar-refractivity contribution in [1.29, 1.82) is 0 Å². The molecule has 1 amide bonds. The molecular weight excluding hydrogens is 218 g/mol. The van der Waals surface area contributed by atoms with Gasteiger partial charge in [-0.2, -0.15) is 0 Å². The maximum atomic E-state index is 11.9. The number of ether oxygens (including phenoxy) is 1. The Kier molecular flexibility index (Phi) is 4.36. The number of fused-ring (bicyclic) bond motifs is 1. The van der Waals surface area contributed by atoms with Crippen molar-refractivity contribution < 1.29 is 9.53 Å². The van der Waals surface area contributed by atoms with Gasteiger partial charge in [0.25, 0.3) is 0 Å². The first-order valence-electron chi connectivity index (χ1n) is 6.51. The second-order valence-corrected chi connectivity index (χ2v) is 5.01. The zero-order valence-electron chi connectivity index (χ0n) is 10.5. The Labute approximate surface area is 103 Å². The van der Waals surface area contributed by atoms with Crippen LogP contribution in [0.1, 0.15) is 25.7 Å². The first kappa shape index (κ1) is 12.8. The van der Waals surface area contributed by atoms with Gasteiger partial charge in [-0.25, -0.2) is 0 Å². The summed E-state index contributed by atoms with van der Waals surface area (Å²) in [5.74, 6) is 0.0704. The van der Waals surface area contributed by atoms with Gasteiger partial charge in [0.1, 0.15) is 0 Å². The van der Waals surface area contributed by atoms with Crippen molar-refractivity contribution in [1.82, 2.24) is 10.2 Å². The molecule has 0 saturated carbocycles. The zero-order valence-corrected chi connectivity index (χ0v) is 10.5. The van der Waals surface area contributed by atoms with Gasteiger partial charge in [0.2, 0.25) is 5.91 Å². The summed E-state index contributed by atoms with van der Waals surface area (Å²) in [6, 6.07) is 0.901. The molecule has 0 radical (unpaired) electrons. The van der Waals surface area contributed by atoms with Gasteiger partial charge in [-0.3, -0.25) is 9.69 Å². The maximum Gasteiger partial charge on any atom is 0.222 e. The van der Waals surface area contributed by atoms with Crippen LogP contribution in [-0.2, 0) is 9.53 Å². The van der Waals surface area contributed by atoms with Crippen LogP contribution in [0.25, 0.3) is 0 Å². The average molecular weight is 241 g/mol. The fraction of sp³-hybridized carbons (Fsp3) is 0.917. The van der Waals surface area contributed by atoms with E-state index in [0.29, 0.717) is 25.0 Å². The van der Waals surface area contributed by atoms with Crippen LogP contribution in [-0.4, -0.2) is 55.7 Å². The number of methoxy groups -OCH3 is 1. The Morgan fingerprint density at radius 1 is 1.53 bits per heavy atom. The molecule has 98 valence electrons. The van der Waals surface area contributed by atoms with Crippen molar-refractivity contribution in [2.75, 3.05) is 26.7 Å². The Bertz CT molecular complexity index is 268. The first-order valence-corrected chi connectivity index (χ1v) is 6.51. The molecule has 2 aliphatic rings. The lowest BCUT2D eigenvalue weighted by molar-refractivity contribution is -0.124. The van der Waals surface area contributed by atoms with Gasteiger partial charge in [-0.15, -0.1) is 0 Å². The Hall–Kier alpha value is -0.650. The van der Waals surface area contributed by atoms with Crippen LogP contribution in [0.15, 0.2) is 0 Å². The van der Waals surface area contributed by atoms with Gasteiger partial charge in [-0.1, -0.05) is 0 Å². The van der Waals surface area contributed by atoms with Crippen LogP contribution in [0.2, 0.25) is 0 Å². The van der Waals surface area contributed by atoms with Crippen LogP contribution in [0.4, 0.5) is 0 Å². The average Bonchev–Trinajstić information content (AvgIpc) is 2.91. The third-order valence-corrected chi connectivity index (χ3v) is 3.96. The van der Waals surface area contributed by atoms with E-state index in [-0.39, 0.29) is 12.0 Å². The summed E-state index contributed by atoms with van der Waals surface area (Å²) in [7, 11) is 1.60. The van der Waals surface area contributed by atoms with Crippen LogP contribution in [0, 0.1) is 0 Å². The van der Waals surface area contributed by atoms with E-state index < -0.39 is 0 Å². The summed E-state index contributed by atoms with van der Waals surface area (Å²) in [6.45, 7) is 2.71. The van der Waals surface area contributed by atoms with Crippen molar-refractivity contribution in [2.24, 2.45) is 5.73 Å². The molecule has 0 spiro atoms. The predicted octanol–water partition coefficient (Wildman–Crippen LogP) is -0.297. The Morgan fingerprint density at radius 3 is 3.06 bits per heavy atom. The molecule has 17 heavy (non-hydrogen) atoms. The van der Waals surface area contributed by atoms with E-state index in [4.69, 9.17) is 10.5 Å². The summed E-state index contributed by atoms with van der Waals surface area (Å²) in [4.78, 5) is 14.3. The monoisotopic (exact) mass is 241 g/mol. The van der Waals surface area contributed by atoms with Crippen molar-refractivity contribution in [2.45, 2.75) is 43.9 Å². The van der Waals surface area contributed by atoms with Gasteiger partial charge in [0.05, 0.1) is 12.5 Å². The van der Waals surface area contributed by atoms with E-state index in [1.54, 1.807) is 7.11 Å². The zero-order chi connectivity index (χ0) is 12.3. The normalized spacial score (nSPS) is 30.2. The van der Waals surface area contributed by atoms with Crippen LogP contribution >= 0.6 is 0 Å². The summed E-state index contributed by atoms with van der Waals surface area (Å²) < 4.78 is 5.12. The highest BCUT2D eigenvalue weighted by Crippen LogP contribution is 2.27. The molecule has 0 aromatic carbocycles. The van der Waals surface area contributed by atoms with Crippen molar-refractivity contribution in [3.8, 4) is 0 Å². The van der Waals surface area contributed by atoms with E-state index in [9.17, 15) is 4.79 Å². The number of hydrogen-bond acceptors (Lipinski definition) is 4. The van der Waals surface area contributed by atoms with Crippen molar-refractivity contribution >= 4 is 5.91 Å². The highest BCUT2D eigenvalue weighted by atomic mass is 16.5. The molecular formula is C12H23N3O2. The molecule has 2 heterocycles. The SMILES string of the molecule is COC(CN)CC(=O)NC1CCN2CCCC12. The number of nitrogens with one attached hydrogen (secondary N) is 1. The standard InChI is InChI=1S/C12H23N3O2/c1-17-9(8-13)7-12(16)14-10-4-6-15-5-2-3-11(10)15/h9-11H,2-8,13H2,1H3,(H,14,16). The molecule has 0 aromatic rings. The number of carbonyl (C=O) groups is 1. The van der Waals surface area contributed by atoms with Crippen LogP contribution in [0.3, 0.4) is 0 Å². The maximum absolute atomic E-state index is 11.9. The highest BCUT2D eigenvalue weighted by Gasteiger charge is 2.37. The molecule has 0 aliphatic carbocycles. The van der Waals surface area contributed by atoms with E-state index in [1.807, 2.05) is 0 Å². The Balaban J connectivity index is 1.78. The summed E-state index contributed by atoms with van der Waals surface area (Å²) >= 11 is 0. The van der Waals surface area contributed by atoms with E-state index in [1.165, 1.54) is 19.4 Å². The van der Waals surface area contributed by atoms with E-state index >= 15 is 0 Å². The number of nitrogens with two attached hydrogens (primary N) is 1. The minimum Gasteiger partial charge on any atom is -0.380 e. The number of carbonyl (C=O) groups excluding carboxylic acids is 1. The summed E-state index contributed by atoms with van der Waals surface area (Å²) in [5.41, 5.74) is 5.51.